The van der Waals surface area contributed by atoms with Crippen molar-refractivity contribution in [3.8, 4) is 6.07 Å². The van der Waals surface area contributed by atoms with E-state index in [-0.39, 0.29) is 0 Å². The fourth-order valence-corrected chi connectivity index (χ4v) is 1.58. The van der Waals surface area contributed by atoms with Crippen LogP contribution in [0.1, 0.15) is 26.2 Å². The SMILES string of the molecule is CC1(O)CCCN(CC#N)CC1. The Morgan fingerprint density at radius 3 is 2.92 bits per heavy atom. The van der Waals surface area contributed by atoms with E-state index < -0.39 is 5.60 Å². The molecule has 3 nitrogen and oxygen atoms in total. The predicted molar refractivity (Wildman–Crippen MR) is 46.5 cm³/mol. The Hall–Kier alpha value is -0.590. The lowest BCUT2D eigenvalue weighted by Crippen LogP contribution is -2.28. The smallest absolute Gasteiger partial charge is 0.0866 e. The summed E-state index contributed by atoms with van der Waals surface area (Å²) in [5.74, 6) is 0. The molecule has 0 radical (unpaired) electrons. The Labute approximate surface area is 73.6 Å². The molecule has 0 spiro atoms. The normalized spacial score (nSPS) is 32.4. The van der Waals surface area contributed by atoms with Gasteiger partial charge in [0.15, 0.2) is 0 Å². The highest BCUT2D eigenvalue weighted by Crippen LogP contribution is 2.20. The van der Waals surface area contributed by atoms with E-state index in [1.54, 1.807) is 0 Å². The van der Waals surface area contributed by atoms with E-state index in [0.717, 1.165) is 32.4 Å². The van der Waals surface area contributed by atoms with E-state index in [2.05, 4.69) is 11.0 Å². The van der Waals surface area contributed by atoms with E-state index in [9.17, 15) is 5.11 Å². The molecule has 0 amide bonds. The van der Waals surface area contributed by atoms with Gasteiger partial charge in [0.25, 0.3) is 0 Å². The van der Waals surface area contributed by atoms with Gasteiger partial charge in [0.05, 0.1) is 18.2 Å². The van der Waals surface area contributed by atoms with E-state index in [1.807, 2.05) is 6.92 Å². The second-order valence-corrected chi connectivity index (χ2v) is 3.78. The van der Waals surface area contributed by atoms with Crippen molar-refractivity contribution in [2.24, 2.45) is 0 Å². The van der Waals surface area contributed by atoms with Crippen molar-refractivity contribution in [2.75, 3.05) is 19.6 Å². The number of nitriles is 1. The van der Waals surface area contributed by atoms with E-state index in [4.69, 9.17) is 5.26 Å². The van der Waals surface area contributed by atoms with Gasteiger partial charge in [-0.1, -0.05) is 0 Å². The summed E-state index contributed by atoms with van der Waals surface area (Å²) in [5, 5.41) is 18.2. The molecule has 0 saturated carbocycles. The first-order valence-electron chi connectivity index (χ1n) is 4.46. The highest BCUT2D eigenvalue weighted by molar-refractivity contribution is 4.83. The van der Waals surface area contributed by atoms with Crippen molar-refractivity contribution < 1.29 is 5.11 Å². The van der Waals surface area contributed by atoms with Crippen LogP contribution in [0.25, 0.3) is 0 Å². The van der Waals surface area contributed by atoms with Crippen LogP contribution in [0.4, 0.5) is 0 Å². The summed E-state index contributed by atoms with van der Waals surface area (Å²) in [6.07, 6.45) is 2.64. The molecule has 3 heteroatoms. The first-order valence-corrected chi connectivity index (χ1v) is 4.46. The molecule has 1 fully saturated rings. The molecule has 0 aromatic rings. The summed E-state index contributed by atoms with van der Waals surface area (Å²) in [4.78, 5) is 2.10. The van der Waals surface area contributed by atoms with Crippen LogP contribution in [-0.2, 0) is 0 Å². The standard InChI is InChI=1S/C9H16N2O/c1-9(12)3-2-6-11(7-4-9)8-5-10/h12H,2-4,6-8H2,1H3. The third-order valence-electron chi connectivity index (χ3n) is 2.45. The monoisotopic (exact) mass is 168 g/mol. The minimum absolute atomic E-state index is 0.496. The van der Waals surface area contributed by atoms with Crippen molar-refractivity contribution in [3.63, 3.8) is 0 Å². The molecule has 1 rings (SSSR count). The maximum atomic E-state index is 9.73. The summed E-state index contributed by atoms with van der Waals surface area (Å²) < 4.78 is 0. The second kappa shape index (κ2) is 3.88. The summed E-state index contributed by atoms with van der Waals surface area (Å²) >= 11 is 0. The number of likely N-dealkylation sites (tertiary alicyclic amines) is 1. The zero-order valence-electron chi connectivity index (χ0n) is 7.58. The first-order chi connectivity index (χ1) is 5.64. The minimum Gasteiger partial charge on any atom is -0.390 e. The molecular weight excluding hydrogens is 152 g/mol. The highest BCUT2D eigenvalue weighted by Gasteiger charge is 2.24. The topological polar surface area (TPSA) is 47.3 Å². The molecule has 1 aliphatic heterocycles. The van der Waals surface area contributed by atoms with E-state index in [1.165, 1.54) is 0 Å². The van der Waals surface area contributed by atoms with Gasteiger partial charge in [-0.3, -0.25) is 4.90 Å². The fourth-order valence-electron chi connectivity index (χ4n) is 1.58. The Bertz CT molecular complexity index is 183. The molecule has 0 aromatic carbocycles. The van der Waals surface area contributed by atoms with Gasteiger partial charge in [0, 0.05) is 6.54 Å². The zero-order chi connectivity index (χ0) is 9.03. The third kappa shape index (κ3) is 2.80. The average Bonchev–Trinajstić information content (AvgIpc) is 2.14. The molecule has 68 valence electrons. The van der Waals surface area contributed by atoms with Gasteiger partial charge >= 0.3 is 0 Å². The molecule has 1 N–H and O–H groups in total. The van der Waals surface area contributed by atoms with Crippen LogP contribution < -0.4 is 0 Å². The van der Waals surface area contributed by atoms with Crippen LogP contribution in [0.2, 0.25) is 0 Å². The largest absolute Gasteiger partial charge is 0.390 e. The quantitative estimate of drug-likeness (QED) is 0.588. The summed E-state index contributed by atoms with van der Waals surface area (Å²) in [7, 11) is 0. The number of hydrogen-bond donors (Lipinski definition) is 1. The summed E-state index contributed by atoms with van der Waals surface area (Å²) in [5.41, 5.74) is -0.510. The average molecular weight is 168 g/mol. The Kier molecular flexibility index (Phi) is 3.07. The van der Waals surface area contributed by atoms with Crippen LogP contribution in [0.15, 0.2) is 0 Å². The fraction of sp³-hybridized carbons (Fsp3) is 0.889. The van der Waals surface area contributed by atoms with Crippen molar-refractivity contribution in [3.05, 3.63) is 0 Å². The van der Waals surface area contributed by atoms with Crippen LogP contribution in [-0.4, -0.2) is 35.2 Å². The molecule has 0 bridgehead atoms. The summed E-state index contributed by atoms with van der Waals surface area (Å²) in [6, 6.07) is 2.14. The molecule has 1 saturated heterocycles. The van der Waals surface area contributed by atoms with Gasteiger partial charge in [-0.25, -0.2) is 0 Å². The predicted octanol–water partition coefficient (Wildman–Crippen LogP) is 0.747. The zero-order valence-corrected chi connectivity index (χ0v) is 7.58. The molecule has 12 heavy (non-hydrogen) atoms. The molecule has 1 atom stereocenters. The lowest BCUT2D eigenvalue weighted by atomic mass is 9.98. The minimum atomic E-state index is -0.510. The number of aliphatic hydroxyl groups is 1. The Morgan fingerprint density at radius 1 is 1.50 bits per heavy atom. The molecule has 0 aliphatic carbocycles. The van der Waals surface area contributed by atoms with Gasteiger partial charge < -0.3 is 5.11 Å². The molecule has 0 aromatic heterocycles. The second-order valence-electron chi connectivity index (χ2n) is 3.78. The van der Waals surface area contributed by atoms with Crippen molar-refractivity contribution in [2.45, 2.75) is 31.8 Å². The number of hydrogen-bond acceptors (Lipinski definition) is 3. The van der Waals surface area contributed by atoms with Crippen molar-refractivity contribution >= 4 is 0 Å². The lowest BCUT2D eigenvalue weighted by Gasteiger charge is -2.20. The number of rotatable bonds is 1. The third-order valence-corrected chi connectivity index (χ3v) is 2.45. The Morgan fingerprint density at radius 2 is 2.25 bits per heavy atom. The first kappa shape index (κ1) is 9.50. The molecule has 1 unspecified atom stereocenters. The van der Waals surface area contributed by atoms with Crippen molar-refractivity contribution in [1.82, 2.24) is 4.90 Å². The van der Waals surface area contributed by atoms with Gasteiger partial charge in [0.1, 0.15) is 0 Å². The van der Waals surface area contributed by atoms with Gasteiger partial charge in [-0.05, 0) is 32.7 Å². The molecular formula is C9H16N2O. The van der Waals surface area contributed by atoms with Crippen LogP contribution >= 0.6 is 0 Å². The Balaban J connectivity index is 2.40. The molecule has 1 heterocycles. The van der Waals surface area contributed by atoms with Crippen LogP contribution in [0, 0.1) is 11.3 Å². The van der Waals surface area contributed by atoms with E-state index >= 15 is 0 Å². The van der Waals surface area contributed by atoms with Gasteiger partial charge in [0.2, 0.25) is 0 Å². The molecule has 1 aliphatic rings. The number of nitrogens with zero attached hydrogens (tertiary/aromatic N) is 2. The lowest BCUT2D eigenvalue weighted by molar-refractivity contribution is 0.0450. The maximum absolute atomic E-state index is 9.73. The van der Waals surface area contributed by atoms with Gasteiger partial charge in [-0.15, -0.1) is 0 Å². The summed E-state index contributed by atoms with van der Waals surface area (Å²) in [6.45, 7) is 4.17. The van der Waals surface area contributed by atoms with E-state index in [0.29, 0.717) is 6.54 Å². The highest BCUT2D eigenvalue weighted by atomic mass is 16.3. The maximum Gasteiger partial charge on any atom is 0.0866 e. The van der Waals surface area contributed by atoms with Crippen molar-refractivity contribution in [1.29, 1.82) is 5.26 Å². The van der Waals surface area contributed by atoms with Crippen LogP contribution in [0.3, 0.4) is 0 Å². The van der Waals surface area contributed by atoms with Gasteiger partial charge in [-0.2, -0.15) is 5.26 Å². The van der Waals surface area contributed by atoms with Crippen LogP contribution in [0.5, 0.6) is 0 Å².